The van der Waals surface area contributed by atoms with Crippen molar-refractivity contribution in [1.82, 2.24) is 5.32 Å². The molecule has 0 aromatic heterocycles. The summed E-state index contributed by atoms with van der Waals surface area (Å²) in [4.78, 5) is 15.2. The molecule has 1 amide bonds. The third-order valence-electron chi connectivity index (χ3n) is 5.23. The van der Waals surface area contributed by atoms with Crippen molar-refractivity contribution in [2.24, 2.45) is 0 Å². The minimum atomic E-state index is -0.291. The average molecular weight is 286 g/mol. The van der Waals surface area contributed by atoms with E-state index >= 15 is 0 Å². The van der Waals surface area contributed by atoms with Gasteiger partial charge in [0.15, 0.2) is 0 Å². The lowest BCUT2D eigenvalue weighted by Gasteiger charge is -2.33. The number of carbonyl (C=O) groups excluding carboxylic acids is 1. The molecule has 1 aromatic carbocycles. The van der Waals surface area contributed by atoms with Crippen LogP contribution in [0.25, 0.3) is 0 Å². The minimum absolute atomic E-state index is 0.207. The number of piperidine rings is 1. The number of benzene rings is 1. The molecule has 4 heteroatoms. The van der Waals surface area contributed by atoms with Crippen molar-refractivity contribution in [3.05, 3.63) is 29.8 Å². The Kier molecular flexibility index (Phi) is 3.23. The molecular formula is C17H22N2O2. The van der Waals surface area contributed by atoms with E-state index in [4.69, 9.17) is 4.74 Å². The Balaban J connectivity index is 1.70. The maximum atomic E-state index is 13.2. The molecular weight excluding hydrogens is 264 g/mol. The van der Waals surface area contributed by atoms with Gasteiger partial charge in [0.25, 0.3) is 0 Å². The number of fused-ring (bicyclic) bond motifs is 2. The van der Waals surface area contributed by atoms with Crippen LogP contribution in [-0.4, -0.2) is 38.3 Å². The zero-order valence-corrected chi connectivity index (χ0v) is 12.3. The van der Waals surface area contributed by atoms with E-state index in [9.17, 15) is 4.79 Å². The summed E-state index contributed by atoms with van der Waals surface area (Å²) in [6.07, 6.45) is 4.21. The molecule has 0 bridgehead atoms. The average Bonchev–Trinajstić information content (AvgIpc) is 3.12. The first-order valence-corrected chi connectivity index (χ1v) is 8.05. The Morgan fingerprint density at radius 1 is 1.29 bits per heavy atom. The van der Waals surface area contributed by atoms with Crippen molar-refractivity contribution >= 4 is 11.6 Å². The second-order valence-electron chi connectivity index (χ2n) is 6.40. The van der Waals surface area contributed by atoms with E-state index in [0.717, 1.165) is 51.1 Å². The summed E-state index contributed by atoms with van der Waals surface area (Å²) in [7, 11) is 0. The molecule has 3 heterocycles. The molecule has 0 saturated carbocycles. The summed E-state index contributed by atoms with van der Waals surface area (Å²) in [5.41, 5.74) is 2.05. The number of nitrogens with zero attached hydrogens (tertiary/aromatic N) is 1. The van der Waals surface area contributed by atoms with Crippen molar-refractivity contribution < 1.29 is 9.53 Å². The summed E-state index contributed by atoms with van der Waals surface area (Å²) in [6.45, 7) is 3.40. The summed E-state index contributed by atoms with van der Waals surface area (Å²) in [5.74, 6) is 0.292. The van der Waals surface area contributed by atoms with E-state index in [-0.39, 0.29) is 11.5 Å². The van der Waals surface area contributed by atoms with Crippen LogP contribution in [0.2, 0.25) is 0 Å². The molecule has 2 fully saturated rings. The summed E-state index contributed by atoms with van der Waals surface area (Å²) in [6, 6.07) is 8.34. The maximum Gasteiger partial charge on any atom is 0.237 e. The van der Waals surface area contributed by atoms with Crippen LogP contribution in [-0.2, 0) is 14.9 Å². The van der Waals surface area contributed by atoms with Crippen molar-refractivity contribution in [2.75, 3.05) is 31.1 Å². The van der Waals surface area contributed by atoms with E-state index in [1.807, 2.05) is 11.0 Å². The van der Waals surface area contributed by atoms with Gasteiger partial charge >= 0.3 is 0 Å². The molecule has 1 aromatic rings. The van der Waals surface area contributed by atoms with Gasteiger partial charge in [-0.2, -0.15) is 0 Å². The number of hydrogen-bond donors (Lipinski definition) is 1. The second kappa shape index (κ2) is 5.11. The van der Waals surface area contributed by atoms with Crippen LogP contribution < -0.4 is 10.2 Å². The summed E-state index contributed by atoms with van der Waals surface area (Å²) >= 11 is 0. The van der Waals surface area contributed by atoms with Gasteiger partial charge in [0, 0.05) is 12.3 Å². The number of carbonyl (C=O) groups is 1. The fourth-order valence-electron chi connectivity index (χ4n) is 4.11. The van der Waals surface area contributed by atoms with Gasteiger partial charge in [-0.1, -0.05) is 18.2 Å². The highest BCUT2D eigenvalue weighted by Gasteiger charge is 2.51. The van der Waals surface area contributed by atoms with Crippen LogP contribution >= 0.6 is 0 Å². The molecule has 3 aliphatic rings. The van der Waals surface area contributed by atoms with Gasteiger partial charge in [-0.3, -0.25) is 4.79 Å². The van der Waals surface area contributed by atoms with E-state index in [1.165, 1.54) is 5.56 Å². The van der Waals surface area contributed by atoms with Crippen LogP contribution in [0, 0.1) is 0 Å². The highest BCUT2D eigenvalue weighted by Crippen LogP contribution is 2.47. The topological polar surface area (TPSA) is 41.6 Å². The van der Waals surface area contributed by atoms with Crippen molar-refractivity contribution in [3.8, 4) is 0 Å². The Morgan fingerprint density at radius 2 is 2.10 bits per heavy atom. The smallest absolute Gasteiger partial charge is 0.237 e. The van der Waals surface area contributed by atoms with Crippen molar-refractivity contribution in [1.29, 1.82) is 0 Å². The highest BCUT2D eigenvalue weighted by molar-refractivity contribution is 6.08. The SMILES string of the molecule is O=C1N(CC2CCCO2)c2ccccc2C12CCNCC2. The number of nitrogens with one attached hydrogen (secondary N) is 1. The molecule has 112 valence electrons. The molecule has 1 N–H and O–H groups in total. The first-order valence-electron chi connectivity index (χ1n) is 8.05. The standard InChI is InChI=1S/C17H22N2O2/c20-16-17(7-9-18-10-8-17)14-5-1-2-6-15(14)19(16)12-13-4-3-11-21-13/h1-2,5-6,13,18H,3-4,7-12H2. The molecule has 1 atom stereocenters. The molecule has 0 radical (unpaired) electrons. The van der Waals surface area contributed by atoms with E-state index in [1.54, 1.807) is 0 Å². The lowest BCUT2D eigenvalue weighted by Crippen LogP contribution is -2.48. The number of para-hydroxylation sites is 1. The number of amides is 1. The molecule has 2 saturated heterocycles. The maximum absolute atomic E-state index is 13.2. The van der Waals surface area contributed by atoms with Gasteiger partial charge < -0.3 is 15.0 Å². The van der Waals surface area contributed by atoms with Crippen LogP contribution in [0.1, 0.15) is 31.2 Å². The highest BCUT2D eigenvalue weighted by atomic mass is 16.5. The number of hydrogen-bond acceptors (Lipinski definition) is 3. The van der Waals surface area contributed by atoms with Crippen molar-refractivity contribution in [3.63, 3.8) is 0 Å². The van der Waals surface area contributed by atoms with Gasteiger partial charge in [0.05, 0.1) is 18.1 Å². The second-order valence-corrected chi connectivity index (χ2v) is 6.40. The molecule has 1 spiro atoms. The zero-order valence-electron chi connectivity index (χ0n) is 12.3. The van der Waals surface area contributed by atoms with Crippen LogP contribution in [0.15, 0.2) is 24.3 Å². The zero-order chi connectivity index (χ0) is 14.3. The van der Waals surface area contributed by atoms with E-state index < -0.39 is 0 Å². The van der Waals surface area contributed by atoms with Gasteiger partial charge in [-0.15, -0.1) is 0 Å². The molecule has 4 rings (SSSR count). The van der Waals surface area contributed by atoms with E-state index in [0.29, 0.717) is 12.5 Å². The third kappa shape index (κ3) is 2.00. The van der Waals surface area contributed by atoms with Crippen LogP contribution in [0.3, 0.4) is 0 Å². The predicted octanol–water partition coefficient (Wildman–Crippen LogP) is 1.83. The molecule has 21 heavy (non-hydrogen) atoms. The monoisotopic (exact) mass is 286 g/mol. The Morgan fingerprint density at radius 3 is 2.86 bits per heavy atom. The largest absolute Gasteiger partial charge is 0.376 e. The van der Waals surface area contributed by atoms with Gasteiger partial charge in [0.1, 0.15) is 0 Å². The minimum Gasteiger partial charge on any atom is -0.376 e. The summed E-state index contributed by atoms with van der Waals surface area (Å²) in [5, 5.41) is 3.38. The number of rotatable bonds is 2. The first kappa shape index (κ1) is 13.3. The number of ether oxygens (including phenoxy) is 1. The quantitative estimate of drug-likeness (QED) is 0.902. The van der Waals surface area contributed by atoms with Crippen LogP contribution in [0.4, 0.5) is 5.69 Å². The van der Waals surface area contributed by atoms with Crippen LogP contribution in [0.5, 0.6) is 0 Å². The summed E-state index contributed by atoms with van der Waals surface area (Å²) < 4.78 is 5.75. The van der Waals surface area contributed by atoms with Crippen molar-refractivity contribution in [2.45, 2.75) is 37.2 Å². The lowest BCUT2D eigenvalue weighted by molar-refractivity contribution is -0.124. The Hall–Kier alpha value is -1.39. The lowest BCUT2D eigenvalue weighted by atomic mass is 9.74. The molecule has 1 unspecified atom stereocenters. The molecule has 3 aliphatic heterocycles. The molecule has 4 nitrogen and oxygen atoms in total. The Bertz CT molecular complexity index is 545. The normalized spacial score (nSPS) is 27.3. The Labute approximate surface area is 125 Å². The van der Waals surface area contributed by atoms with Gasteiger partial charge in [-0.25, -0.2) is 0 Å². The predicted molar refractivity (Wildman–Crippen MR) is 81.6 cm³/mol. The first-order chi connectivity index (χ1) is 10.3. The third-order valence-corrected chi connectivity index (χ3v) is 5.23. The molecule has 0 aliphatic carbocycles. The number of anilines is 1. The van der Waals surface area contributed by atoms with Gasteiger partial charge in [0.2, 0.25) is 5.91 Å². The van der Waals surface area contributed by atoms with E-state index in [2.05, 4.69) is 23.5 Å². The fraction of sp³-hybridized carbons (Fsp3) is 0.588. The van der Waals surface area contributed by atoms with Gasteiger partial charge in [-0.05, 0) is 50.4 Å². The fourth-order valence-corrected chi connectivity index (χ4v) is 4.11.